The molecule has 0 unspecified atom stereocenters. The smallest absolute Gasteiger partial charge is 0.242 e. The van der Waals surface area contributed by atoms with Gasteiger partial charge in [0.15, 0.2) is 5.96 Å². The van der Waals surface area contributed by atoms with Crippen molar-refractivity contribution in [2.45, 2.75) is 24.8 Å². The second-order valence-corrected chi connectivity index (χ2v) is 8.52. The van der Waals surface area contributed by atoms with E-state index in [2.05, 4.69) is 15.6 Å². The van der Waals surface area contributed by atoms with Crippen molar-refractivity contribution < 1.29 is 12.8 Å². The van der Waals surface area contributed by atoms with Gasteiger partial charge in [-0.3, -0.25) is 0 Å². The monoisotopic (exact) mass is 534 g/mol. The van der Waals surface area contributed by atoms with Crippen LogP contribution in [0.4, 0.5) is 4.39 Å². The van der Waals surface area contributed by atoms with Gasteiger partial charge in [-0.15, -0.1) is 24.0 Å². The summed E-state index contributed by atoms with van der Waals surface area (Å²) in [5.74, 6) is 0.327. The van der Waals surface area contributed by atoms with Crippen LogP contribution in [0.1, 0.15) is 18.1 Å². The molecule has 0 aliphatic rings. The second kappa shape index (κ2) is 12.1. The molecule has 2 rings (SSSR count). The molecule has 0 atom stereocenters. The van der Waals surface area contributed by atoms with Crippen molar-refractivity contribution in [2.24, 2.45) is 4.99 Å². The van der Waals surface area contributed by atoms with Crippen molar-refractivity contribution in [3.63, 3.8) is 0 Å². The Morgan fingerprint density at radius 3 is 2.48 bits per heavy atom. The van der Waals surface area contributed by atoms with Crippen LogP contribution in [-0.2, 0) is 23.0 Å². The van der Waals surface area contributed by atoms with Gasteiger partial charge in [-0.25, -0.2) is 22.1 Å². The maximum absolute atomic E-state index is 13.3. The molecule has 0 aromatic heterocycles. The van der Waals surface area contributed by atoms with Gasteiger partial charge in [-0.1, -0.05) is 30.3 Å². The average Bonchev–Trinajstić information content (AvgIpc) is 2.66. The predicted molar refractivity (Wildman–Crippen MR) is 126 cm³/mol. The summed E-state index contributed by atoms with van der Waals surface area (Å²) in [6.07, 6.45) is 0.647. The molecule has 29 heavy (non-hydrogen) atoms. The minimum atomic E-state index is -3.54. The van der Waals surface area contributed by atoms with Gasteiger partial charge in [-0.05, 0) is 42.7 Å². The highest BCUT2D eigenvalue weighted by Gasteiger charge is 2.20. The molecular weight excluding hydrogens is 506 g/mol. The second-order valence-electron chi connectivity index (χ2n) is 6.40. The van der Waals surface area contributed by atoms with Crippen molar-refractivity contribution in [3.8, 4) is 0 Å². The summed E-state index contributed by atoms with van der Waals surface area (Å²) in [4.78, 5) is 4.75. The zero-order chi connectivity index (χ0) is 20.6. The lowest BCUT2D eigenvalue weighted by Crippen LogP contribution is -2.38. The first kappa shape index (κ1) is 25.3. The lowest BCUT2D eigenvalue weighted by Gasteiger charge is -2.15. The fraction of sp³-hybridized carbons (Fsp3) is 0.350. The van der Waals surface area contributed by atoms with Gasteiger partial charge < -0.3 is 10.6 Å². The molecule has 0 heterocycles. The average molecular weight is 534 g/mol. The van der Waals surface area contributed by atoms with E-state index in [1.54, 1.807) is 30.3 Å². The fourth-order valence-corrected chi connectivity index (χ4v) is 3.71. The lowest BCUT2D eigenvalue weighted by molar-refractivity contribution is 0.519. The lowest BCUT2D eigenvalue weighted by atomic mass is 10.1. The Morgan fingerprint density at radius 1 is 1.10 bits per heavy atom. The number of rotatable bonds is 8. The van der Waals surface area contributed by atoms with Gasteiger partial charge in [0.1, 0.15) is 5.82 Å². The normalized spacial score (nSPS) is 11.8. The third-order valence-electron chi connectivity index (χ3n) is 4.08. The van der Waals surface area contributed by atoms with Crippen LogP contribution < -0.4 is 10.6 Å². The van der Waals surface area contributed by atoms with Crippen molar-refractivity contribution in [1.82, 2.24) is 14.9 Å². The first-order valence-electron chi connectivity index (χ1n) is 9.11. The van der Waals surface area contributed by atoms with Crippen LogP contribution in [-0.4, -0.2) is 45.9 Å². The SMILES string of the molecule is CCNC(=NCc1ccccc1S(=O)(=O)N(C)C)NCCc1cccc(F)c1.I. The summed E-state index contributed by atoms with van der Waals surface area (Å²) in [7, 11) is -0.522. The zero-order valence-electron chi connectivity index (χ0n) is 16.9. The molecule has 2 aromatic rings. The Hall–Kier alpha value is -1.72. The minimum Gasteiger partial charge on any atom is -0.357 e. The van der Waals surface area contributed by atoms with Crippen LogP contribution in [0, 0.1) is 5.82 Å². The topological polar surface area (TPSA) is 73.8 Å². The number of benzene rings is 2. The number of aliphatic imine (C=N–C) groups is 1. The van der Waals surface area contributed by atoms with Crippen molar-refractivity contribution >= 4 is 40.0 Å². The van der Waals surface area contributed by atoms with Gasteiger partial charge in [0.2, 0.25) is 10.0 Å². The third kappa shape index (κ3) is 7.56. The summed E-state index contributed by atoms with van der Waals surface area (Å²) in [5, 5.41) is 6.33. The molecule has 0 saturated heterocycles. The van der Waals surface area contributed by atoms with Crippen LogP contribution >= 0.6 is 24.0 Å². The largest absolute Gasteiger partial charge is 0.357 e. The standard InChI is InChI=1S/C20H27FN4O2S.HI/c1-4-22-20(23-13-12-16-8-7-10-18(21)14-16)24-15-17-9-5-6-11-19(17)28(26,27)25(2)3;/h5-11,14H,4,12-13,15H2,1-3H3,(H2,22,23,24);1H. The highest BCUT2D eigenvalue weighted by Crippen LogP contribution is 2.19. The summed E-state index contributed by atoms with van der Waals surface area (Å²) in [6.45, 7) is 3.42. The van der Waals surface area contributed by atoms with Gasteiger partial charge >= 0.3 is 0 Å². The van der Waals surface area contributed by atoms with Gasteiger partial charge in [0, 0.05) is 27.2 Å². The molecule has 9 heteroatoms. The van der Waals surface area contributed by atoms with Crippen LogP contribution in [0.3, 0.4) is 0 Å². The number of hydrogen-bond acceptors (Lipinski definition) is 3. The van der Waals surface area contributed by atoms with Crippen molar-refractivity contribution in [3.05, 3.63) is 65.5 Å². The number of sulfonamides is 1. The molecule has 2 aromatic carbocycles. The molecule has 0 spiro atoms. The summed E-state index contributed by atoms with van der Waals surface area (Å²) in [5.41, 5.74) is 1.52. The number of guanidine groups is 1. The Morgan fingerprint density at radius 2 is 1.83 bits per heavy atom. The molecule has 0 bridgehead atoms. The maximum Gasteiger partial charge on any atom is 0.242 e. The quantitative estimate of drug-likeness (QED) is 0.311. The molecule has 6 nitrogen and oxygen atoms in total. The van der Waals surface area contributed by atoms with Crippen LogP contribution in [0.15, 0.2) is 58.4 Å². The highest BCUT2D eigenvalue weighted by molar-refractivity contribution is 14.0. The summed E-state index contributed by atoms with van der Waals surface area (Å²) < 4.78 is 39.4. The van der Waals surface area contributed by atoms with E-state index < -0.39 is 10.0 Å². The third-order valence-corrected chi connectivity index (χ3v) is 5.99. The van der Waals surface area contributed by atoms with E-state index in [1.807, 2.05) is 13.0 Å². The van der Waals surface area contributed by atoms with Crippen LogP contribution in [0.25, 0.3) is 0 Å². The minimum absolute atomic E-state index is 0. The molecule has 2 N–H and O–H groups in total. The van der Waals surface area contributed by atoms with E-state index in [4.69, 9.17) is 0 Å². The number of hydrogen-bond donors (Lipinski definition) is 2. The molecule has 160 valence electrons. The van der Waals surface area contributed by atoms with Gasteiger partial charge in [0.05, 0.1) is 11.4 Å². The fourth-order valence-electron chi connectivity index (χ4n) is 2.61. The number of halogens is 2. The van der Waals surface area contributed by atoms with Gasteiger partial charge in [-0.2, -0.15) is 0 Å². The first-order chi connectivity index (χ1) is 13.3. The van der Waals surface area contributed by atoms with Crippen LogP contribution in [0.5, 0.6) is 0 Å². The Balaban J connectivity index is 0.00000420. The van der Waals surface area contributed by atoms with Gasteiger partial charge in [0.25, 0.3) is 0 Å². The van der Waals surface area contributed by atoms with E-state index in [-0.39, 0.29) is 41.2 Å². The zero-order valence-corrected chi connectivity index (χ0v) is 20.0. The molecule has 0 aliphatic heterocycles. The molecule has 0 aliphatic carbocycles. The molecule has 0 saturated carbocycles. The number of nitrogens with zero attached hydrogens (tertiary/aromatic N) is 2. The Bertz CT molecular complexity index is 920. The molecule has 0 amide bonds. The molecule has 0 radical (unpaired) electrons. The highest BCUT2D eigenvalue weighted by atomic mass is 127. The summed E-state index contributed by atoms with van der Waals surface area (Å²) in [6, 6.07) is 13.3. The van der Waals surface area contributed by atoms with E-state index in [9.17, 15) is 12.8 Å². The molecule has 0 fully saturated rings. The van der Waals surface area contributed by atoms with E-state index in [0.717, 1.165) is 5.56 Å². The predicted octanol–water partition coefficient (Wildman–Crippen LogP) is 2.99. The summed E-state index contributed by atoms with van der Waals surface area (Å²) >= 11 is 0. The van der Waals surface area contributed by atoms with Crippen molar-refractivity contribution in [1.29, 1.82) is 0 Å². The Labute approximate surface area is 189 Å². The maximum atomic E-state index is 13.3. The van der Waals surface area contributed by atoms with E-state index >= 15 is 0 Å². The van der Waals surface area contributed by atoms with E-state index in [0.29, 0.717) is 31.0 Å². The number of nitrogens with one attached hydrogen (secondary N) is 2. The van der Waals surface area contributed by atoms with E-state index in [1.165, 1.54) is 30.5 Å². The molecular formula is C20H28FIN4O2S. The first-order valence-corrected chi connectivity index (χ1v) is 10.6. The Kier molecular flexibility index (Phi) is 10.5. The van der Waals surface area contributed by atoms with Crippen molar-refractivity contribution in [2.75, 3.05) is 27.2 Å². The van der Waals surface area contributed by atoms with Crippen LogP contribution in [0.2, 0.25) is 0 Å².